The zero-order valence-electron chi connectivity index (χ0n) is 13.8. The fourth-order valence-electron chi connectivity index (χ4n) is 3.07. The first kappa shape index (κ1) is 16.3. The Morgan fingerprint density at radius 3 is 2.57 bits per heavy atom. The molecule has 0 aromatic heterocycles. The van der Waals surface area contributed by atoms with Crippen molar-refractivity contribution in [2.45, 2.75) is 64.2 Å². The summed E-state index contributed by atoms with van der Waals surface area (Å²) >= 11 is 0. The zero-order chi connectivity index (χ0) is 15.3. The van der Waals surface area contributed by atoms with E-state index in [0.29, 0.717) is 6.04 Å². The highest BCUT2D eigenvalue weighted by molar-refractivity contribution is 5.31. The molecule has 1 aromatic carbocycles. The average Bonchev–Trinajstić information content (AvgIpc) is 2.41. The van der Waals surface area contributed by atoms with Crippen LogP contribution in [0.2, 0.25) is 0 Å². The molecule has 1 N–H and O–H groups in total. The predicted molar refractivity (Wildman–Crippen MR) is 86.8 cm³/mol. The van der Waals surface area contributed by atoms with Crippen molar-refractivity contribution in [1.82, 2.24) is 5.32 Å². The molecule has 21 heavy (non-hydrogen) atoms. The molecule has 3 heteroatoms. The SMILES string of the molecule is CCNC(CC1(OC)CCC1)c1cccc(OC(C)C)c1. The van der Waals surface area contributed by atoms with Crippen molar-refractivity contribution in [2.24, 2.45) is 0 Å². The Bertz CT molecular complexity index is 435. The largest absolute Gasteiger partial charge is 0.491 e. The van der Waals surface area contributed by atoms with Gasteiger partial charge in [-0.3, -0.25) is 0 Å². The molecule has 1 fully saturated rings. The van der Waals surface area contributed by atoms with Gasteiger partial charge in [-0.05, 0) is 63.8 Å². The van der Waals surface area contributed by atoms with Gasteiger partial charge in [-0.2, -0.15) is 0 Å². The lowest BCUT2D eigenvalue weighted by atomic mass is 9.74. The van der Waals surface area contributed by atoms with Gasteiger partial charge in [0.05, 0.1) is 11.7 Å². The number of ether oxygens (including phenoxy) is 2. The molecule has 1 unspecified atom stereocenters. The van der Waals surface area contributed by atoms with Crippen molar-refractivity contribution >= 4 is 0 Å². The van der Waals surface area contributed by atoms with Crippen LogP contribution >= 0.6 is 0 Å². The number of benzene rings is 1. The molecule has 2 rings (SSSR count). The summed E-state index contributed by atoms with van der Waals surface area (Å²) in [7, 11) is 1.85. The van der Waals surface area contributed by atoms with Crippen LogP contribution in [0.4, 0.5) is 0 Å². The number of hydrogen-bond acceptors (Lipinski definition) is 3. The van der Waals surface area contributed by atoms with Gasteiger partial charge in [-0.25, -0.2) is 0 Å². The fourth-order valence-corrected chi connectivity index (χ4v) is 3.07. The maximum atomic E-state index is 5.82. The van der Waals surface area contributed by atoms with E-state index in [-0.39, 0.29) is 11.7 Å². The smallest absolute Gasteiger partial charge is 0.120 e. The number of hydrogen-bond donors (Lipinski definition) is 1. The van der Waals surface area contributed by atoms with Gasteiger partial charge in [0.15, 0.2) is 0 Å². The van der Waals surface area contributed by atoms with Gasteiger partial charge in [0.1, 0.15) is 5.75 Å². The second-order valence-corrected chi connectivity index (χ2v) is 6.29. The zero-order valence-corrected chi connectivity index (χ0v) is 13.8. The van der Waals surface area contributed by atoms with Crippen LogP contribution in [0.15, 0.2) is 24.3 Å². The lowest BCUT2D eigenvalue weighted by Gasteiger charge is -2.43. The summed E-state index contributed by atoms with van der Waals surface area (Å²) in [5.41, 5.74) is 1.36. The Hall–Kier alpha value is -1.06. The van der Waals surface area contributed by atoms with Crippen molar-refractivity contribution in [3.8, 4) is 5.75 Å². The summed E-state index contributed by atoms with van der Waals surface area (Å²) in [5.74, 6) is 0.950. The van der Waals surface area contributed by atoms with Crippen LogP contribution in [0.3, 0.4) is 0 Å². The van der Waals surface area contributed by atoms with E-state index in [1.54, 1.807) is 0 Å². The molecule has 0 aliphatic heterocycles. The molecular weight excluding hydrogens is 262 g/mol. The van der Waals surface area contributed by atoms with Gasteiger partial charge in [0, 0.05) is 13.2 Å². The number of nitrogens with one attached hydrogen (secondary N) is 1. The van der Waals surface area contributed by atoms with Crippen LogP contribution in [-0.2, 0) is 4.74 Å². The summed E-state index contributed by atoms with van der Waals surface area (Å²) in [6, 6.07) is 8.78. The normalized spacial score (nSPS) is 18.3. The fraction of sp³-hybridized carbons (Fsp3) is 0.667. The van der Waals surface area contributed by atoms with Crippen molar-refractivity contribution < 1.29 is 9.47 Å². The van der Waals surface area contributed by atoms with Gasteiger partial charge >= 0.3 is 0 Å². The van der Waals surface area contributed by atoms with E-state index in [1.165, 1.54) is 24.8 Å². The first-order valence-electron chi connectivity index (χ1n) is 8.14. The van der Waals surface area contributed by atoms with E-state index in [4.69, 9.17) is 9.47 Å². The van der Waals surface area contributed by atoms with Crippen LogP contribution < -0.4 is 10.1 Å². The number of rotatable bonds is 8. The van der Waals surface area contributed by atoms with E-state index in [9.17, 15) is 0 Å². The van der Waals surface area contributed by atoms with Crippen LogP contribution in [0.25, 0.3) is 0 Å². The number of methoxy groups -OCH3 is 1. The molecular formula is C18H29NO2. The van der Waals surface area contributed by atoms with E-state index in [1.807, 2.05) is 13.2 Å². The summed E-state index contributed by atoms with van der Waals surface area (Å²) in [5, 5.41) is 3.60. The van der Waals surface area contributed by atoms with E-state index in [2.05, 4.69) is 44.3 Å². The molecule has 0 amide bonds. The molecule has 0 radical (unpaired) electrons. The van der Waals surface area contributed by atoms with Crippen molar-refractivity contribution in [2.75, 3.05) is 13.7 Å². The summed E-state index contributed by atoms with van der Waals surface area (Å²) in [4.78, 5) is 0. The third-order valence-corrected chi connectivity index (χ3v) is 4.36. The van der Waals surface area contributed by atoms with Gasteiger partial charge < -0.3 is 14.8 Å². The minimum Gasteiger partial charge on any atom is -0.491 e. The van der Waals surface area contributed by atoms with Gasteiger partial charge in [-0.1, -0.05) is 19.1 Å². The van der Waals surface area contributed by atoms with Crippen molar-refractivity contribution in [3.63, 3.8) is 0 Å². The highest BCUT2D eigenvalue weighted by Crippen LogP contribution is 2.42. The van der Waals surface area contributed by atoms with E-state index in [0.717, 1.165) is 18.7 Å². The Kier molecular flexibility index (Phi) is 5.65. The first-order valence-corrected chi connectivity index (χ1v) is 8.14. The minimum atomic E-state index is 0.0712. The highest BCUT2D eigenvalue weighted by Gasteiger charge is 2.39. The summed E-state index contributed by atoms with van der Waals surface area (Å²) in [6.45, 7) is 7.23. The lowest BCUT2D eigenvalue weighted by Crippen LogP contribution is -2.42. The molecule has 3 nitrogen and oxygen atoms in total. The Morgan fingerprint density at radius 1 is 1.29 bits per heavy atom. The van der Waals surface area contributed by atoms with Crippen molar-refractivity contribution in [1.29, 1.82) is 0 Å². The first-order chi connectivity index (χ1) is 10.1. The monoisotopic (exact) mass is 291 g/mol. The molecule has 1 atom stereocenters. The lowest BCUT2D eigenvalue weighted by molar-refractivity contribution is -0.0837. The summed E-state index contributed by atoms with van der Waals surface area (Å²) < 4.78 is 11.6. The van der Waals surface area contributed by atoms with Gasteiger partial charge in [0.2, 0.25) is 0 Å². The van der Waals surface area contributed by atoms with E-state index >= 15 is 0 Å². The highest BCUT2D eigenvalue weighted by atomic mass is 16.5. The third-order valence-electron chi connectivity index (χ3n) is 4.36. The standard InChI is InChI=1S/C18H29NO2/c1-5-19-17(13-18(20-4)10-7-11-18)15-8-6-9-16(12-15)21-14(2)3/h6,8-9,12,14,17,19H,5,7,10-11,13H2,1-4H3. The second kappa shape index (κ2) is 7.28. The van der Waals surface area contributed by atoms with E-state index < -0.39 is 0 Å². The maximum absolute atomic E-state index is 5.82. The molecule has 1 saturated carbocycles. The predicted octanol–water partition coefficient (Wildman–Crippen LogP) is 4.08. The molecule has 0 heterocycles. The molecule has 0 saturated heterocycles. The molecule has 0 spiro atoms. The Labute approximate surface area is 129 Å². The van der Waals surface area contributed by atoms with Gasteiger partial charge in [0.25, 0.3) is 0 Å². The Balaban J connectivity index is 2.13. The maximum Gasteiger partial charge on any atom is 0.120 e. The molecule has 1 aliphatic carbocycles. The molecule has 1 aromatic rings. The Morgan fingerprint density at radius 2 is 2.05 bits per heavy atom. The molecule has 0 bridgehead atoms. The second-order valence-electron chi connectivity index (χ2n) is 6.29. The summed E-state index contributed by atoms with van der Waals surface area (Å²) in [6.07, 6.45) is 4.86. The third kappa shape index (κ3) is 4.21. The quantitative estimate of drug-likeness (QED) is 0.782. The van der Waals surface area contributed by atoms with Crippen LogP contribution in [0.1, 0.15) is 58.1 Å². The topological polar surface area (TPSA) is 30.5 Å². The van der Waals surface area contributed by atoms with Crippen LogP contribution in [-0.4, -0.2) is 25.4 Å². The molecule has 1 aliphatic rings. The van der Waals surface area contributed by atoms with Gasteiger partial charge in [-0.15, -0.1) is 0 Å². The minimum absolute atomic E-state index is 0.0712. The van der Waals surface area contributed by atoms with Crippen LogP contribution in [0, 0.1) is 0 Å². The average molecular weight is 291 g/mol. The van der Waals surface area contributed by atoms with Crippen LogP contribution in [0.5, 0.6) is 5.75 Å². The van der Waals surface area contributed by atoms with Crippen molar-refractivity contribution in [3.05, 3.63) is 29.8 Å². The molecule has 118 valence electrons.